The molecule has 0 radical (unpaired) electrons. The molecule has 5 nitrogen and oxygen atoms in total. The molecule has 0 amide bonds. The van der Waals surface area contributed by atoms with Gasteiger partial charge in [-0.25, -0.2) is 14.2 Å². The highest BCUT2D eigenvalue weighted by Gasteiger charge is 2.38. The third-order valence-electron chi connectivity index (χ3n) is 4.96. The van der Waals surface area contributed by atoms with E-state index < -0.39 is 12.1 Å². The summed E-state index contributed by atoms with van der Waals surface area (Å²) in [6, 6.07) is 13.1. The van der Waals surface area contributed by atoms with E-state index in [1.807, 2.05) is 18.2 Å². The zero-order chi connectivity index (χ0) is 22.6. The largest absolute Gasteiger partial charge is 0.490 e. The molecule has 0 unspecified atom stereocenters. The Morgan fingerprint density at radius 2 is 1.84 bits per heavy atom. The number of nitrogens with one attached hydrogen (secondary N) is 1. The van der Waals surface area contributed by atoms with E-state index in [4.69, 9.17) is 26.5 Å². The lowest BCUT2D eigenvalue weighted by molar-refractivity contribution is -0.192. The molecule has 1 aliphatic rings. The first-order chi connectivity index (χ1) is 14.7. The molecule has 1 saturated heterocycles. The Bertz CT molecular complexity index is 1060. The first-order valence-electron chi connectivity index (χ1n) is 9.56. The van der Waals surface area contributed by atoms with E-state index in [0.717, 1.165) is 48.4 Å². The molecular formula is C21H20ClF4N3O2. The number of halogens is 5. The van der Waals surface area contributed by atoms with Crippen LogP contribution in [0, 0.1) is 5.82 Å². The minimum atomic E-state index is -5.08. The molecule has 2 aromatic carbocycles. The number of piperidine rings is 1. The number of hydrogen-bond acceptors (Lipinski definition) is 3. The van der Waals surface area contributed by atoms with Crippen LogP contribution in [0.1, 0.15) is 30.1 Å². The third kappa shape index (κ3) is 5.74. The first-order valence-corrected chi connectivity index (χ1v) is 9.94. The summed E-state index contributed by atoms with van der Waals surface area (Å²) < 4.78 is 47.4. The Labute approximate surface area is 180 Å². The molecule has 3 aromatic rings. The van der Waals surface area contributed by atoms with Gasteiger partial charge in [0.15, 0.2) is 0 Å². The van der Waals surface area contributed by atoms with Crippen LogP contribution in [-0.2, 0) is 11.3 Å². The van der Waals surface area contributed by atoms with Gasteiger partial charge in [0, 0.05) is 12.5 Å². The van der Waals surface area contributed by atoms with E-state index in [1.165, 1.54) is 6.07 Å². The number of carboxylic acids is 1. The van der Waals surface area contributed by atoms with Gasteiger partial charge in [-0.3, -0.25) is 0 Å². The number of carboxylic acid groups (broad SMARTS) is 1. The van der Waals surface area contributed by atoms with Gasteiger partial charge in [0.25, 0.3) is 0 Å². The predicted octanol–water partition coefficient (Wildman–Crippen LogP) is 4.98. The lowest BCUT2D eigenvalue weighted by Gasteiger charge is -2.23. The summed E-state index contributed by atoms with van der Waals surface area (Å²) in [4.78, 5) is 13.8. The summed E-state index contributed by atoms with van der Waals surface area (Å²) in [6.45, 7) is 2.70. The average molecular weight is 458 g/mol. The van der Waals surface area contributed by atoms with Crippen molar-refractivity contribution in [1.82, 2.24) is 14.9 Å². The molecular weight excluding hydrogens is 438 g/mol. The highest BCUT2D eigenvalue weighted by Crippen LogP contribution is 2.29. The van der Waals surface area contributed by atoms with Crippen LogP contribution in [0.2, 0.25) is 5.02 Å². The van der Waals surface area contributed by atoms with Gasteiger partial charge in [-0.05, 0) is 55.8 Å². The lowest BCUT2D eigenvalue weighted by atomic mass is 9.97. The summed E-state index contributed by atoms with van der Waals surface area (Å²) in [5, 5.41) is 10.7. The molecule has 0 atom stereocenters. The van der Waals surface area contributed by atoms with Gasteiger partial charge in [0.1, 0.15) is 11.6 Å². The number of para-hydroxylation sites is 2. The van der Waals surface area contributed by atoms with Crippen LogP contribution in [0.25, 0.3) is 11.0 Å². The predicted molar refractivity (Wildman–Crippen MR) is 109 cm³/mol. The fourth-order valence-corrected chi connectivity index (χ4v) is 3.68. The van der Waals surface area contributed by atoms with Crippen molar-refractivity contribution in [3.63, 3.8) is 0 Å². The normalized spacial score (nSPS) is 14.9. The van der Waals surface area contributed by atoms with Crippen molar-refractivity contribution in [3.05, 3.63) is 64.7 Å². The average Bonchev–Trinajstić information content (AvgIpc) is 3.10. The van der Waals surface area contributed by atoms with Gasteiger partial charge in [-0.15, -0.1) is 0 Å². The maximum atomic E-state index is 13.4. The van der Waals surface area contributed by atoms with Gasteiger partial charge in [-0.2, -0.15) is 13.2 Å². The zero-order valence-electron chi connectivity index (χ0n) is 16.3. The minimum Gasteiger partial charge on any atom is -0.475 e. The second-order valence-corrected chi connectivity index (χ2v) is 7.53. The Kier molecular flexibility index (Phi) is 7.17. The van der Waals surface area contributed by atoms with Crippen LogP contribution in [0.15, 0.2) is 42.5 Å². The number of imidazole rings is 1. The van der Waals surface area contributed by atoms with Crippen molar-refractivity contribution < 1.29 is 27.5 Å². The van der Waals surface area contributed by atoms with Crippen molar-refractivity contribution in [2.24, 2.45) is 0 Å². The van der Waals surface area contributed by atoms with E-state index >= 15 is 0 Å². The number of fused-ring (bicyclic) bond motifs is 1. The number of rotatable bonds is 3. The van der Waals surface area contributed by atoms with Crippen molar-refractivity contribution in [2.45, 2.75) is 31.5 Å². The molecule has 166 valence electrons. The fraction of sp³-hybridized carbons (Fsp3) is 0.333. The summed E-state index contributed by atoms with van der Waals surface area (Å²) in [6.07, 6.45) is -2.90. The van der Waals surface area contributed by atoms with E-state index in [9.17, 15) is 17.6 Å². The Balaban J connectivity index is 0.000000339. The molecule has 2 heterocycles. The van der Waals surface area contributed by atoms with Crippen molar-refractivity contribution >= 4 is 28.6 Å². The molecule has 31 heavy (non-hydrogen) atoms. The van der Waals surface area contributed by atoms with Gasteiger partial charge in [0.2, 0.25) is 0 Å². The molecule has 1 aromatic heterocycles. The fourth-order valence-electron chi connectivity index (χ4n) is 3.47. The zero-order valence-corrected chi connectivity index (χ0v) is 17.0. The number of aliphatic carboxylic acids is 1. The SMILES string of the molecule is Fc1ccc(Cn2c(C3CCNCC3)nc3ccccc32)cc1Cl.O=C(O)C(F)(F)F. The molecule has 0 saturated carbocycles. The molecule has 0 spiro atoms. The van der Waals surface area contributed by atoms with Gasteiger partial charge in [-0.1, -0.05) is 29.8 Å². The van der Waals surface area contributed by atoms with Gasteiger partial charge < -0.3 is 15.0 Å². The summed E-state index contributed by atoms with van der Waals surface area (Å²) >= 11 is 5.95. The topological polar surface area (TPSA) is 67.2 Å². The van der Waals surface area contributed by atoms with Crippen molar-refractivity contribution in [3.8, 4) is 0 Å². The first kappa shape index (κ1) is 23.0. The quantitative estimate of drug-likeness (QED) is 0.544. The van der Waals surface area contributed by atoms with E-state index in [0.29, 0.717) is 12.5 Å². The van der Waals surface area contributed by atoms with E-state index in [-0.39, 0.29) is 10.8 Å². The Hall–Kier alpha value is -2.65. The van der Waals surface area contributed by atoms with Gasteiger partial charge >= 0.3 is 12.1 Å². The number of benzene rings is 2. The monoisotopic (exact) mass is 457 g/mol. The molecule has 10 heteroatoms. The molecule has 1 fully saturated rings. The molecule has 2 N–H and O–H groups in total. The van der Waals surface area contributed by atoms with Crippen LogP contribution in [0.5, 0.6) is 0 Å². The van der Waals surface area contributed by atoms with Crippen LogP contribution < -0.4 is 5.32 Å². The maximum absolute atomic E-state index is 13.4. The molecule has 1 aliphatic heterocycles. The van der Waals surface area contributed by atoms with E-state index in [1.54, 1.807) is 12.1 Å². The number of alkyl halides is 3. The van der Waals surface area contributed by atoms with Crippen LogP contribution in [0.4, 0.5) is 17.6 Å². The van der Waals surface area contributed by atoms with Crippen molar-refractivity contribution in [2.75, 3.05) is 13.1 Å². The Morgan fingerprint density at radius 3 is 2.45 bits per heavy atom. The van der Waals surface area contributed by atoms with Gasteiger partial charge in [0.05, 0.1) is 16.1 Å². The molecule has 0 aliphatic carbocycles. The maximum Gasteiger partial charge on any atom is 0.490 e. The number of aromatic nitrogens is 2. The second kappa shape index (κ2) is 9.65. The number of hydrogen-bond donors (Lipinski definition) is 2. The number of carbonyl (C=O) groups is 1. The summed E-state index contributed by atoms with van der Waals surface area (Å²) in [7, 11) is 0. The third-order valence-corrected chi connectivity index (χ3v) is 5.25. The minimum absolute atomic E-state index is 0.167. The van der Waals surface area contributed by atoms with Crippen LogP contribution in [-0.4, -0.2) is 39.9 Å². The highest BCUT2D eigenvalue weighted by molar-refractivity contribution is 6.30. The highest BCUT2D eigenvalue weighted by atomic mass is 35.5. The summed E-state index contributed by atoms with van der Waals surface area (Å²) in [5.74, 6) is -1.56. The smallest absolute Gasteiger partial charge is 0.475 e. The standard InChI is InChI=1S/C19H19ClFN3.C2HF3O2/c20-15-11-13(5-6-16(15)21)12-24-18-4-2-1-3-17(18)23-19(24)14-7-9-22-10-8-14;3-2(4,5)1(6)7/h1-6,11,14,22H,7-10,12H2;(H,6,7). The molecule has 0 bridgehead atoms. The van der Waals surface area contributed by atoms with Crippen LogP contribution in [0.3, 0.4) is 0 Å². The summed E-state index contributed by atoms with van der Waals surface area (Å²) in [5.41, 5.74) is 3.12. The second-order valence-electron chi connectivity index (χ2n) is 7.12. The van der Waals surface area contributed by atoms with Crippen molar-refractivity contribution in [1.29, 1.82) is 0 Å². The van der Waals surface area contributed by atoms with Crippen LogP contribution >= 0.6 is 11.6 Å². The number of nitrogens with zero attached hydrogens (tertiary/aromatic N) is 2. The molecule has 4 rings (SSSR count). The van der Waals surface area contributed by atoms with E-state index in [2.05, 4.69) is 16.0 Å². The Morgan fingerprint density at radius 1 is 1.19 bits per heavy atom. The lowest BCUT2D eigenvalue weighted by Crippen LogP contribution is -2.28.